The smallest absolute Gasteiger partial charge is 0.0660 e. The Morgan fingerprint density at radius 3 is 2.77 bits per heavy atom. The van der Waals surface area contributed by atoms with E-state index in [1.165, 1.54) is 11.1 Å². The third kappa shape index (κ3) is 2.93. The average molecular weight is 173 g/mol. The molecule has 0 aliphatic heterocycles. The van der Waals surface area contributed by atoms with Crippen LogP contribution in [0.4, 0.5) is 0 Å². The van der Waals surface area contributed by atoms with Gasteiger partial charge in [-0.1, -0.05) is 30.2 Å². The van der Waals surface area contributed by atoms with Gasteiger partial charge in [0, 0.05) is 6.54 Å². The summed E-state index contributed by atoms with van der Waals surface area (Å²) in [6.45, 7) is 4.94. The van der Waals surface area contributed by atoms with Gasteiger partial charge in [0.05, 0.1) is 6.04 Å². The molecule has 0 spiro atoms. The normalized spacial score (nSPS) is 12.1. The summed E-state index contributed by atoms with van der Waals surface area (Å²) in [5.74, 6) is 2.64. The number of rotatable bonds is 3. The lowest BCUT2D eigenvalue weighted by Gasteiger charge is -2.09. The van der Waals surface area contributed by atoms with Crippen LogP contribution >= 0.6 is 0 Å². The van der Waals surface area contributed by atoms with Crippen LogP contribution in [-0.4, -0.2) is 6.04 Å². The van der Waals surface area contributed by atoms with Crippen LogP contribution < -0.4 is 5.32 Å². The number of nitrogens with one attached hydrogen (secondary N) is 1. The van der Waals surface area contributed by atoms with Gasteiger partial charge in [-0.15, -0.1) is 6.42 Å². The lowest BCUT2D eigenvalue weighted by Crippen LogP contribution is -2.23. The Morgan fingerprint density at radius 2 is 2.15 bits per heavy atom. The van der Waals surface area contributed by atoms with E-state index < -0.39 is 0 Å². The highest BCUT2D eigenvalue weighted by molar-refractivity contribution is 5.25. The van der Waals surface area contributed by atoms with E-state index in [4.69, 9.17) is 6.42 Å². The first kappa shape index (κ1) is 9.83. The summed E-state index contributed by atoms with van der Waals surface area (Å²) in [6.07, 6.45) is 5.26. The van der Waals surface area contributed by atoms with Crippen LogP contribution in [0.15, 0.2) is 24.3 Å². The Bertz CT molecular complexity index is 309. The molecule has 0 heterocycles. The molecular formula is C12H15N. The molecule has 68 valence electrons. The Labute approximate surface area is 80.2 Å². The van der Waals surface area contributed by atoms with Crippen LogP contribution in [0, 0.1) is 19.3 Å². The first-order valence-corrected chi connectivity index (χ1v) is 4.48. The molecule has 1 aromatic rings. The minimum absolute atomic E-state index is 0.139. The van der Waals surface area contributed by atoms with Gasteiger partial charge in [0.15, 0.2) is 0 Å². The van der Waals surface area contributed by atoms with Crippen molar-refractivity contribution in [1.29, 1.82) is 0 Å². The van der Waals surface area contributed by atoms with Crippen molar-refractivity contribution >= 4 is 0 Å². The standard InChI is InChI=1S/C12H15N/c1-4-11(3)13-9-12-8-6-5-7-10(12)2/h1,5-8,11,13H,9H2,2-3H3. The molecule has 1 aromatic carbocycles. The highest BCUT2D eigenvalue weighted by atomic mass is 14.9. The zero-order valence-corrected chi connectivity index (χ0v) is 8.17. The molecule has 0 saturated heterocycles. The maximum absolute atomic E-state index is 5.26. The van der Waals surface area contributed by atoms with Crippen LogP contribution in [0.2, 0.25) is 0 Å². The monoisotopic (exact) mass is 173 g/mol. The summed E-state index contributed by atoms with van der Waals surface area (Å²) >= 11 is 0. The van der Waals surface area contributed by atoms with Crippen molar-refractivity contribution in [3.63, 3.8) is 0 Å². The lowest BCUT2D eigenvalue weighted by molar-refractivity contribution is 0.646. The van der Waals surface area contributed by atoms with E-state index in [1.807, 2.05) is 19.1 Å². The van der Waals surface area contributed by atoms with Crippen LogP contribution in [0.1, 0.15) is 18.1 Å². The molecule has 0 aromatic heterocycles. The lowest BCUT2D eigenvalue weighted by atomic mass is 10.1. The molecule has 0 saturated carbocycles. The number of terminal acetylenes is 1. The Morgan fingerprint density at radius 1 is 1.46 bits per heavy atom. The van der Waals surface area contributed by atoms with Gasteiger partial charge in [-0.3, -0.25) is 5.32 Å². The van der Waals surface area contributed by atoms with Gasteiger partial charge in [-0.2, -0.15) is 0 Å². The topological polar surface area (TPSA) is 12.0 Å². The summed E-state index contributed by atoms with van der Waals surface area (Å²) in [6, 6.07) is 8.46. The van der Waals surface area contributed by atoms with Crippen molar-refractivity contribution in [2.75, 3.05) is 0 Å². The summed E-state index contributed by atoms with van der Waals surface area (Å²) in [7, 11) is 0. The van der Waals surface area contributed by atoms with E-state index in [2.05, 4.69) is 30.3 Å². The van der Waals surface area contributed by atoms with Crippen molar-refractivity contribution in [3.8, 4) is 12.3 Å². The zero-order chi connectivity index (χ0) is 9.68. The molecule has 1 atom stereocenters. The molecule has 0 fully saturated rings. The molecule has 0 aliphatic rings. The van der Waals surface area contributed by atoms with Crippen LogP contribution in [-0.2, 0) is 6.54 Å². The van der Waals surface area contributed by atoms with Crippen LogP contribution in [0.5, 0.6) is 0 Å². The van der Waals surface area contributed by atoms with Crippen molar-refractivity contribution in [3.05, 3.63) is 35.4 Å². The highest BCUT2D eigenvalue weighted by Gasteiger charge is 1.98. The zero-order valence-electron chi connectivity index (χ0n) is 8.17. The molecule has 0 aliphatic carbocycles. The predicted octanol–water partition coefficient (Wildman–Crippen LogP) is 2.11. The second-order valence-electron chi connectivity index (χ2n) is 3.20. The van der Waals surface area contributed by atoms with Crippen LogP contribution in [0.25, 0.3) is 0 Å². The highest BCUT2D eigenvalue weighted by Crippen LogP contribution is 2.06. The second-order valence-corrected chi connectivity index (χ2v) is 3.20. The van der Waals surface area contributed by atoms with E-state index in [0.29, 0.717) is 0 Å². The minimum atomic E-state index is 0.139. The fourth-order valence-electron chi connectivity index (χ4n) is 1.13. The number of aryl methyl sites for hydroxylation is 1. The van der Waals surface area contributed by atoms with E-state index >= 15 is 0 Å². The van der Waals surface area contributed by atoms with E-state index in [-0.39, 0.29) is 6.04 Å². The number of hydrogen-bond acceptors (Lipinski definition) is 1. The molecule has 1 rings (SSSR count). The summed E-state index contributed by atoms with van der Waals surface area (Å²) in [5, 5.41) is 3.25. The van der Waals surface area contributed by atoms with Crippen molar-refractivity contribution in [2.24, 2.45) is 0 Å². The third-order valence-corrected chi connectivity index (χ3v) is 2.11. The van der Waals surface area contributed by atoms with Crippen LogP contribution in [0.3, 0.4) is 0 Å². The van der Waals surface area contributed by atoms with Gasteiger partial charge in [0.25, 0.3) is 0 Å². The average Bonchev–Trinajstić information content (AvgIpc) is 2.16. The maximum atomic E-state index is 5.26. The summed E-state index contributed by atoms with van der Waals surface area (Å²) in [4.78, 5) is 0. The van der Waals surface area contributed by atoms with Crippen molar-refractivity contribution in [1.82, 2.24) is 5.32 Å². The summed E-state index contributed by atoms with van der Waals surface area (Å²) in [5.41, 5.74) is 2.61. The van der Waals surface area contributed by atoms with Crippen molar-refractivity contribution < 1.29 is 0 Å². The van der Waals surface area contributed by atoms with Gasteiger partial charge < -0.3 is 0 Å². The third-order valence-electron chi connectivity index (χ3n) is 2.11. The Kier molecular flexibility index (Phi) is 3.54. The minimum Gasteiger partial charge on any atom is -0.300 e. The Hall–Kier alpha value is -1.26. The predicted molar refractivity (Wildman–Crippen MR) is 56.3 cm³/mol. The van der Waals surface area contributed by atoms with Gasteiger partial charge in [-0.05, 0) is 25.0 Å². The second kappa shape index (κ2) is 4.69. The first-order valence-electron chi connectivity index (χ1n) is 4.48. The van der Waals surface area contributed by atoms with Gasteiger partial charge in [0.2, 0.25) is 0 Å². The number of hydrogen-bond donors (Lipinski definition) is 1. The molecule has 1 heteroatoms. The Balaban J connectivity index is 2.56. The molecule has 1 nitrogen and oxygen atoms in total. The van der Waals surface area contributed by atoms with E-state index in [9.17, 15) is 0 Å². The molecule has 1 unspecified atom stereocenters. The van der Waals surface area contributed by atoms with Gasteiger partial charge in [0.1, 0.15) is 0 Å². The fourth-order valence-corrected chi connectivity index (χ4v) is 1.13. The molecular weight excluding hydrogens is 158 g/mol. The molecule has 13 heavy (non-hydrogen) atoms. The molecule has 0 bridgehead atoms. The first-order chi connectivity index (χ1) is 6.24. The van der Waals surface area contributed by atoms with Gasteiger partial charge in [-0.25, -0.2) is 0 Å². The largest absolute Gasteiger partial charge is 0.300 e. The maximum Gasteiger partial charge on any atom is 0.0660 e. The summed E-state index contributed by atoms with van der Waals surface area (Å²) < 4.78 is 0. The molecule has 0 amide bonds. The molecule has 0 radical (unpaired) electrons. The van der Waals surface area contributed by atoms with E-state index in [1.54, 1.807) is 0 Å². The van der Waals surface area contributed by atoms with Gasteiger partial charge >= 0.3 is 0 Å². The van der Waals surface area contributed by atoms with Crippen molar-refractivity contribution in [2.45, 2.75) is 26.4 Å². The SMILES string of the molecule is C#CC(C)NCc1ccccc1C. The quantitative estimate of drug-likeness (QED) is 0.690. The van der Waals surface area contributed by atoms with E-state index in [0.717, 1.165) is 6.54 Å². The molecule has 1 N–H and O–H groups in total. The fraction of sp³-hybridized carbons (Fsp3) is 0.333. The number of benzene rings is 1.